The van der Waals surface area contributed by atoms with E-state index in [4.69, 9.17) is 5.41 Å². The smallest absolute Gasteiger partial charge is 0.0544 e. The summed E-state index contributed by atoms with van der Waals surface area (Å²) in [5.74, 6) is 0. The molecule has 1 unspecified atom stereocenters. The van der Waals surface area contributed by atoms with E-state index in [1.165, 1.54) is 6.21 Å². The number of allylic oxidation sites excluding steroid dienone is 2. The van der Waals surface area contributed by atoms with Gasteiger partial charge in [-0.2, -0.15) is 5.10 Å². The molecule has 1 heterocycles. The summed E-state index contributed by atoms with van der Waals surface area (Å²) in [5.41, 5.74) is 1.03. The lowest BCUT2D eigenvalue weighted by atomic mass is 10.2. The van der Waals surface area contributed by atoms with E-state index in [1.807, 2.05) is 18.1 Å². The maximum Gasteiger partial charge on any atom is 0.0544 e. The Hall–Kier alpha value is -1.12. The zero-order valence-corrected chi connectivity index (χ0v) is 6.91. The first-order valence-electron chi connectivity index (χ1n) is 3.74. The molecule has 60 valence electrons. The second-order valence-corrected chi connectivity index (χ2v) is 2.70. The van der Waals surface area contributed by atoms with Crippen LogP contribution in [0, 0.1) is 5.41 Å². The van der Waals surface area contributed by atoms with Crippen LogP contribution < -0.4 is 0 Å². The molecule has 0 spiro atoms. The molecule has 0 saturated carbocycles. The summed E-state index contributed by atoms with van der Waals surface area (Å²) >= 11 is 0. The third-order valence-corrected chi connectivity index (χ3v) is 1.76. The molecule has 0 saturated heterocycles. The summed E-state index contributed by atoms with van der Waals surface area (Å²) in [4.78, 5) is 0. The van der Waals surface area contributed by atoms with Crippen LogP contribution in [0.25, 0.3) is 0 Å². The van der Waals surface area contributed by atoms with Gasteiger partial charge in [0.15, 0.2) is 0 Å². The molecule has 0 fully saturated rings. The third-order valence-electron chi connectivity index (χ3n) is 1.76. The zero-order chi connectivity index (χ0) is 8.27. The minimum atomic E-state index is 0.450. The monoisotopic (exact) mass is 151 g/mol. The lowest BCUT2D eigenvalue weighted by Crippen LogP contribution is -2.21. The number of hydrogen-bond donors (Lipinski definition) is 1. The molecule has 1 aliphatic rings. The Kier molecular flexibility index (Phi) is 2.41. The molecule has 1 rings (SSSR count). The van der Waals surface area contributed by atoms with Crippen LogP contribution >= 0.6 is 0 Å². The highest BCUT2D eigenvalue weighted by molar-refractivity contribution is 5.69. The van der Waals surface area contributed by atoms with Crippen molar-refractivity contribution in [3.8, 4) is 0 Å². The minimum Gasteiger partial charge on any atom is -0.309 e. The Balaban J connectivity index is 2.66. The number of nitrogens with zero attached hydrogens (tertiary/aromatic N) is 2. The predicted octanol–water partition coefficient (Wildman–Crippen LogP) is 1.62. The van der Waals surface area contributed by atoms with Crippen molar-refractivity contribution in [2.45, 2.75) is 26.3 Å². The molecular formula is C8H13N3. The van der Waals surface area contributed by atoms with Gasteiger partial charge in [0, 0.05) is 24.5 Å². The van der Waals surface area contributed by atoms with Crippen LogP contribution in [0.3, 0.4) is 0 Å². The molecule has 0 aliphatic carbocycles. The molecular weight excluding hydrogens is 138 g/mol. The van der Waals surface area contributed by atoms with E-state index >= 15 is 0 Å². The lowest BCUT2D eigenvalue weighted by molar-refractivity contribution is 0.314. The number of hydrogen-bond acceptors (Lipinski definition) is 3. The standard InChI is InChI=1S/C8H13N3/c1-7(3-5-9)11-8(2)4-6-10-11/h3,5-6,8-9H,4H2,1-2H3/b7-3-,9-5?. The van der Waals surface area contributed by atoms with E-state index in [-0.39, 0.29) is 0 Å². The van der Waals surface area contributed by atoms with E-state index in [1.54, 1.807) is 6.08 Å². The van der Waals surface area contributed by atoms with Gasteiger partial charge in [0.2, 0.25) is 0 Å². The molecule has 0 aromatic carbocycles. The Bertz CT molecular complexity index is 205. The lowest BCUT2D eigenvalue weighted by Gasteiger charge is -2.19. The van der Waals surface area contributed by atoms with Crippen molar-refractivity contribution in [3.63, 3.8) is 0 Å². The summed E-state index contributed by atoms with van der Waals surface area (Å²) < 4.78 is 0. The molecule has 0 bridgehead atoms. The Morgan fingerprint density at radius 1 is 1.82 bits per heavy atom. The number of rotatable bonds is 2. The molecule has 3 nitrogen and oxygen atoms in total. The fourth-order valence-corrected chi connectivity index (χ4v) is 1.14. The maximum atomic E-state index is 6.88. The van der Waals surface area contributed by atoms with Crippen LogP contribution in [0.2, 0.25) is 0 Å². The topological polar surface area (TPSA) is 39.5 Å². The minimum absolute atomic E-state index is 0.450. The van der Waals surface area contributed by atoms with Gasteiger partial charge in [0.05, 0.1) is 6.04 Å². The molecule has 0 amide bonds. The van der Waals surface area contributed by atoms with Crippen LogP contribution in [-0.4, -0.2) is 23.5 Å². The predicted molar refractivity (Wildman–Crippen MR) is 47.0 cm³/mol. The van der Waals surface area contributed by atoms with Gasteiger partial charge in [-0.1, -0.05) is 0 Å². The highest BCUT2D eigenvalue weighted by Crippen LogP contribution is 2.15. The van der Waals surface area contributed by atoms with Crippen molar-refractivity contribution in [3.05, 3.63) is 11.8 Å². The van der Waals surface area contributed by atoms with Crippen molar-refractivity contribution >= 4 is 12.4 Å². The van der Waals surface area contributed by atoms with Gasteiger partial charge in [-0.15, -0.1) is 0 Å². The molecule has 3 heteroatoms. The summed E-state index contributed by atoms with van der Waals surface area (Å²) in [6.45, 7) is 4.08. The average molecular weight is 151 g/mol. The van der Waals surface area contributed by atoms with Gasteiger partial charge in [-0.05, 0) is 19.9 Å². The Labute approximate surface area is 66.9 Å². The Morgan fingerprint density at radius 2 is 2.55 bits per heavy atom. The third kappa shape index (κ3) is 1.67. The van der Waals surface area contributed by atoms with E-state index in [2.05, 4.69) is 12.0 Å². The first-order valence-corrected chi connectivity index (χ1v) is 3.74. The first-order chi connectivity index (χ1) is 5.25. The van der Waals surface area contributed by atoms with Crippen LogP contribution in [0.4, 0.5) is 0 Å². The van der Waals surface area contributed by atoms with Gasteiger partial charge in [-0.3, -0.25) is 5.01 Å². The van der Waals surface area contributed by atoms with Crippen LogP contribution in [0.1, 0.15) is 20.3 Å². The second-order valence-electron chi connectivity index (χ2n) is 2.70. The first kappa shape index (κ1) is 7.98. The van der Waals surface area contributed by atoms with Crippen molar-refractivity contribution in [1.82, 2.24) is 5.01 Å². The average Bonchev–Trinajstić information content (AvgIpc) is 2.36. The van der Waals surface area contributed by atoms with Crippen LogP contribution in [-0.2, 0) is 0 Å². The van der Waals surface area contributed by atoms with Gasteiger partial charge in [0.1, 0.15) is 0 Å². The summed E-state index contributed by atoms with van der Waals surface area (Å²) in [7, 11) is 0. The largest absolute Gasteiger partial charge is 0.309 e. The summed E-state index contributed by atoms with van der Waals surface area (Å²) in [6, 6.07) is 0.450. The molecule has 0 radical (unpaired) electrons. The van der Waals surface area contributed by atoms with Crippen LogP contribution in [0.5, 0.6) is 0 Å². The van der Waals surface area contributed by atoms with Crippen molar-refractivity contribution in [1.29, 1.82) is 5.41 Å². The van der Waals surface area contributed by atoms with Gasteiger partial charge in [-0.25, -0.2) is 0 Å². The van der Waals surface area contributed by atoms with Crippen molar-refractivity contribution in [2.24, 2.45) is 5.10 Å². The highest BCUT2D eigenvalue weighted by Gasteiger charge is 2.15. The van der Waals surface area contributed by atoms with Crippen LogP contribution in [0.15, 0.2) is 16.9 Å². The van der Waals surface area contributed by atoms with Gasteiger partial charge < -0.3 is 5.41 Å². The molecule has 0 aromatic heterocycles. The second kappa shape index (κ2) is 3.32. The van der Waals surface area contributed by atoms with E-state index < -0.39 is 0 Å². The van der Waals surface area contributed by atoms with E-state index in [0.717, 1.165) is 12.1 Å². The van der Waals surface area contributed by atoms with Crippen molar-refractivity contribution in [2.75, 3.05) is 0 Å². The molecule has 1 aliphatic heterocycles. The SMILES string of the molecule is C/C(=C/C=N)N1N=CCC1C. The van der Waals surface area contributed by atoms with Gasteiger partial charge in [0.25, 0.3) is 0 Å². The summed E-state index contributed by atoms with van der Waals surface area (Å²) in [5, 5.41) is 13.0. The van der Waals surface area contributed by atoms with Gasteiger partial charge >= 0.3 is 0 Å². The summed E-state index contributed by atoms with van der Waals surface area (Å²) in [6.07, 6.45) is 5.95. The molecule has 11 heavy (non-hydrogen) atoms. The quantitative estimate of drug-likeness (QED) is 0.598. The zero-order valence-electron chi connectivity index (χ0n) is 6.91. The highest BCUT2D eigenvalue weighted by atomic mass is 15.5. The van der Waals surface area contributed by atoms with Crippen molar-refractivity contribution < 1.29 is 0 Å². The Morgan fingerprint density at radius 3 is 3.00 bits per heavy atom. The number of hydrazone groups is 1. The normalized spacial score (nSPS) is 24.4. The number of nitrogens with one attached hydrogen (secondary N) is 1. The fourth-order valence-electron chi connectivity index (χ4n) is 1.14. The molecule has 1 atom stereocenters. The molecule has 0 aromatic rings. The fraction of sp³-hybridized carbons (Fsp3) is 0.500. The maximum absolute atomic E-state index is 6.88. The molecule has 1 N–H and O–H groups in total. The van der Waals surface area contributed by atoms with E-state index in [0.29, 0.717) is 6.04 Å². The van der Waals surface area contributed by atoms with E-state index in [9.17, 15) is 0 Å².